The van der Waals surface area contributed by atoms with Gasteiger partial charge in [0.05, 0.1) is 11.6 Å². The fourth-order valence-electron chi connectivity index (χ4n) is 2.23. The second kappa shape index (κ2) is 4.77. The molecule has 1 atom stereocenters. The Balaban J connectivity index is 2.09. The number of benzene rings is 1. The van der Waals surface area contributed by atoms with Crippen molar-refractivity contribution in [2.75, 3.05) is 13.1 Å². The summed E-state index contributed by atoms with van der Waals surface area (Å²) in [5.41, 5.74) is 6.20. The molecule has 0 bridgehead atoms. The highest BCUT2D eigenvalue weighted by atomic mass is 16.4. The monoisotopic (exact) mass is 245 g/mol. The molecule has 1 heterocycles. The lowest BCUT2D eigenvalue weighted by atomic mass is 10.0. The molecule has 5 heteroatoms. The van der Waals surface area contributed by atoms with Gasteiger partial charge in [-0.25, -0.2) is 0 Å². The summed E-state index contributed by atoms with van der Waals surface area (Å²) in [5, 5.41) is 18.0. The molecule has 0 aliphatic carbocycles. The summed E-state index contributed by atoms with van der Waals surface area (Å²) < 4.78 is 0. The van der Waals surface area contributed by atoms with E-state index < -0.39 is 11.5 Å². The Morgan fingerprint density at radius 3 is 2.89 bits per heavy atom. The molecule has 0 radical (unpaired) electrons. The van der Waals surface area contributed by atoms with Crippen molar-refractivity contribution in [1.82, 2.24) is 4.90 Å². The summed E-state index contributed by atoms with van der Waals surface area (Å²) in [6.45, 7) is 1.53. The molecule has 0 saturated carbocycles. The lowest BCUT2D eigenvalue weighted by Crippen LogP contribution is -2.50. The molecule has 1 aromatic carbocycles. The number of hydrogen-bond acceptors (Lipinski definition) is 4. The van der Waals surface area contributed by atoms with Crippen molar-refractivity contribution < 1.29 is 9.90 Å². The van der Waals surface area contributed by atoms with Crippen molar-refractivity contribution in [3.63, 3.8) is 0 Å². The third-order valence-electron chi connectivity index (χ3n) is 3.34. The molecule has 1 fully saturated rings. The molecule has 0 aromatic heterocycles. The second-order valence-corrected chi connectivity index (χ2v) is 4.69. The Morgan fingerprint density at radius 1 is 1.56 bits per heavy atom. The zero-order valence-electron chi connectivity index (χ0n) is 9.97. The van der Waals surface area contributed by atoms with Crippen molar-refractivity contribution in [2.24, 2.45) is 5.73 Å². The molecule has 1 unspecified atom stereocenters. The number of nitrogens with zero attached hydrogens (tertiary/aromatic N) is 2. The minimum absolute atomic E-state index is 0.322. The Hall–Kier alpha value is -1.90. The van der Waals surface area contributed by atoms with Crippen LogP contribution in [0.2, 0.25) is 0 Å². The van der Waals surface area contributed by atoms with Crippen LogP contribution in [-0.4, -0.2) is 34.6 Å². The lowest BCUT2D eigenvalue weighted by Gasteiger charge is -2.20. The van der Waals surface area contributed by atoms with E-state index in [9.17, 15) is 4.79 Å². The first kappa shape index (κ1) is 12.6. The molecule has 2 rings (SSSR count). The van der Waals surface area contributed by atoms with Gasteiger partial charge in [0, 0.05) is 19.6 Å². The molecule has 0 spiro atoms. The molecule has 5 nitrogen and oxygen atoms in total. The zero-order chi connectivity index (χ0) is 13.2. The summed E-state index contributed by atoms with van der Waals surface area (Å²) in [5.74, 6) is -0.960. The van der Waals surface area contributed by atoms with Crippen LogP contribution < -0.4 is 5.73 Å². The third kappa shape index (κ3) is 2.35. The van der Waals surface area contributed by atoms with Crippen molar-refractivity contribution in [1.29, 1.82) is 5.26 Å². The topological polar surface area (TPSA) is 90.4 Å². The average Bonchev–Trinajstić information content (AvgIpc) is 2.73. The zero-order valence-corrected chi connectivity index (χ0v) is 9.97. The van der Waals surface area contributed by atoms with Gasteiger partial charge in [-0.3, -0.25) is 9.69 Å². The van der Waals surface area contributed by atoms with Gasteiger partial charge in [-0.15, -0.1) is 0 Å². The van der Waals surface area contributed by atoms with Gasteiger partial charge in [-0.05, 0) is 18.1 Å². The summed E-state index contributed by atoms with van der Waals surface area (Å²) in [6.07, 6.45) is 0.442. The largest absolute Gasteiger partial charge is 0.480 e. The van der Waals surface area contributed by atoms with Crippen LogP contribution in [0.1, 0.15) is 17.5 Å². The van der Waals surface area contributed by atoms with Gasteiger partial charge in [-0.2, -0.15) is 5.26 Å². The molecule has 18 heavy (non-hydrogen) atoms. The first-order valence-corrected chi connectivity index (χ1v) is 5.78. The van der Waals surface area contributed by atoms with Gasteiger partial charge in [-0.1, -0.05) is 18.2 Å². The van der Waals surface area contributed by atoms with Gasteiger partial charge in [0.25, 0.3) is 0 Å². The number of nitrogens with two attached hydrogens (primary N) is 1. The molecule has 1 aliphatic rings. The van der Waals surface area contributed by atoms with E-state index in [1.54, 1.807) is 6.07 Å². The molecule has 1 aromatic rings. The van der Waals surface area contributed by atoms with Gasteiger partial charge < -0.3 is 10.8 Å². The summed E-state index contributed by atoms with van der Waals surface area (Å²) in [7, 11) is 0. The number of aliphatic carboxylic acids is 1. The van der Waals surface area contributed by atoms with Crippen LogP contribution in [0.3, 0.4) is 0 Å². The van der Waals surface area contributed by atoms with Crippen molar-refractivity contribution in [3.05, 3.63) is 35.4 Å². The fraction of sp³-hybridized carbons (Fsp3) is 0.385. The number of nitriles is 1. The van der Waals surface area contributed by atoms with E-state index in [0.717, 1.165) is 5.56 Å². The SMILES string of the molecule is N#Cc1ccccc1CN1CCC(N)(C(=O)O)C1. The maximum atomic E-state index is 11.0. The molecule has 3 N–H and O–H groups in total. The highest BCUT2D eigenvalue weighted by molar-refractivity contribution is 5.79. The summed E-state index contributed by atoms with van der Waals surface area (Å²) in [6, 6.07) is 9.48. The highest BCUT2D eigenvalue weighted by Crippen LogP contribution is 2.22. The van der Waals surface area contributed by atoms with E-state index in [-0.39, 0.29) is 0 Å². The Kier molecular flexibility index (Phi) is 3.32. The highest BCUT2D eigenvalue weighted by Gasteiger charge is 2.41. The first-order valence-electron chi connectivity index (χ1n) is 5.78. The van der Waals surface area contributed by atoms with Crippen LogP contribution in [-0.2, 0) is 11.3 Å². The van der Waals surface area contributed by atoms with E-state index >= 15 is 0 Å². The Labute approximate surface area is 105 Å². The molecular formula is C13H15N3O2. The number of likely N-dealkylation sites (tertiary alicyclic amines) is 1. The summed E-state index contributed by atoms with van der Waals surface area (Å²) >= 11 is 0. The Bertz CT molecular complexity index is 509. The fourth-order valence-corrected chi connectivity index (χ4v) is 2.23. The van der Waals surface area contributed by atoms with Gasteiger partial charge in [0.1, 0.15) is 5.54 Å². The predicted octanol–water partition coefficient (Wildman–Crippen LogP) is 0.546. The smallest absolute Gasteiger partial charge is 0.325 e. The van der Waals surface area contributed by atoms with Crippen LogP contribution in [0, 0.1) is 11.3 Å². The van der Waals surface area contributed by atoms with E-state index in [2.05, 4.69) is 6.07 Å². The molecular weight excluding hydrogens is 230 g/mol. The van der Waals surface area contributed by atoms with Crippen molar-refractivity contribution in [3.8, 4) is 6.07 Å². The van der Waals surface area contributed by atoms with Crippen LogP contribution in [0.4, 0.5) is 0 Å². The van der Waals surface area contributed by atoms with E-state index in [0.29, 0.717) is 31.6 Å². The van der Waals surface area contributed by atoms with E-state index in [1.165, 1.54) is 0 Å². The first-order chi connectivity index (χ1) is 8.55. The number of carboxylic acid groups (broad SMARTS) is 1. The van der Waals surface area contributed by atoms with E-state index in [4.69, 9.17) is 16.1 Å². The number of carboxylic acids is 1. The maximum Gasteiger partial charge on any atom is 0.325 e. The van der Waals surface area contributed by atoms with Crippen molar-refractivity contribution in [2.45, 2.75) is 18.5 Å². The predicted molar refractivity (Wildman–Crippen MR) is 65.6 cm³/mol. The van der Waals surface area contributed by atoms with Gasteiger partial charge >= 0.3 is 5.97 Å². The molecule has 0 amide bonds. The lowest BCUT2D eigenvalue weighted by molar-refractivity contribution is -0.142. The van der Waals surface area contributed by atoms with Crippen molar-refractivity contribution >= 4 is 5.97 Å². The minimum atomic E-state index is -1.15. The average molecular weight is 245 g/mol. The maximum absolute atomic E-state index is 11.0. The number of rotatable bonds is 3. The van der Waals surface area contributed by atoms with Crippen LogP contribution in [0.5, 0.6) is 0 Å². The second-order valence-electron chi connectivity index (χ2n) is 4.69. The number of carbonyl (C=O) groups is 1. The van der Waals surface area contributed by atoms with E-state index in [1.807, 2.05) is 23.1 Å². The van der Waals surface area contributed by atoms with Crippen LogP contribution >= 0.6 is 0 Å². The quantitative estimate of drug-likeness (QED) is 0.811. The van der Waals surface area contributed by atoms with Crippen LogP contribution in [0.15, 0.2) is 24.3 Å². The number of hydrogen-bond donors (Lipinski definition) is 2. The molecule has 94 valence electrons. The molecule has 1 aliphatic heterocycles. The third-order valence-corrected chi connectivity index (χ3v) is 3.34. The molecule has 1 saturated heterocycles. The normalized spacial score (nSPS) is 23.8. The Morgan fingerprint density at radius 2 is 2.28 bits per heavy atom. The minimum Gasteiger partial charge on any atom is -0.480 e. The standard InChI is InChI=1S/C13H15N3O2/c14-7-10-3-1-2-4-11(10)8-16-6-5-13(15,9-16)12(17)18/h1-4H,5-6,8-9,15H2,(H,17,18). The van der Waals surface area contributed by atoms with Crippen LogP contribution in [0.25, 0.3) is 0 Å². The van der Waals surface area contributed by atoms with Gasteiger partial charge in [0.15, 0.2) is 0 Å². The van der Waals surface area contributed by atoms with Gasteiger partial charge in [0.2, 0.25) is 0 Å². The summed E-state index contributed by atoms with van der Waals surface area (Å²) in [4.78, 5) is 13.0.